The average molecular weight is 438 g/mol. The molecule has 0 aromatic carbocycles. The van der Waals surface area contributed by atoms with E-state index in [1.54, 1.807) is 18.5 Å². The van der Waals surface area contributed by atoms with E-state index in [-0.39, 0.29) is 12.4 Å². The highest BCUT2D eigenvalue weighted by Crippen LogP contribution is 2.41. The third kappa shape index (κ3) is 4.94. The molecule has 0 unspecified atom stereocenters. The number of ether oxygens (including phenoxy) is 1. The van der Waals surface area contributed by atoms with Crippen LogP contribution in [0, 0.1) is 5.41 Å². The fourth-order valence-electron chi connectivity index (χ4n) is 3.71. The van der Waals surface area contributed by atoms with Crippen LogP contribution in [0.1, 0.15) is 38.8 Å². The Morgan fingerprint density at radius 2 is 2.03 bits per heavy atom. The van der Waals surface area contributed by atoms with Crippen molar-refractivity contribution in [1.82, 2.24) is 15.0 Å². The van der Waals surface area contributed by atoms with Crippen LogP contribution in [0.5, 0.6) is 0 Å². The minimum Gasteiger partial charge on any atom is -0.390 e. The number of hydrogen-bond donors (Lipinski definition) is 2. The third-order valence-corrected chi connectivity index (χ3v) is 6.85. The number of nitrogens with zero attached hydrogens (tertiary/aromatic N) is 4. The van der Waals surface area contributed by atoms with Crippen LogP contribution >= 0.6 is 23.4 Å². The highest BCUT2D eigenvalue weighted by molar-refractivity contribution is 7.99. The molecule has 0 amide bonds. The Morgan fingerprint density at radius 3 is 2.69 bits per heavy atom. The van der Waals surface area contributed by atoms with E-state index in [9.17, 15) is 5.11 Å². The van der Waals surface area contributed by atoms with Crippen molar-refractivity contribution in [2.75, 3.05) is 36.9 Å². The predicted octanol–water partition coefficient (Wildman–Crippen LogP) is 3.78. The van der Waals surface area contributed by atoms with Gasteiger partial charge in [-0.15, -0.1) is 0 Å². The largest absolute Gasteiger partial charge is 0.390 e. The monoisotopic (exact) mass is 437 g/mol. The highest BCUT2D eigenvalue weighted by Gasteiger charge is 2.38. The van der Waals surface area contributed by atoms with Gasteiger partial charge in [0.1, 0.15) is 5.82 Å². The SMILES string of the molecule is CC.Nc1nccc(Sc2ncc(N3CCC4(CCOC4)CC3)c(CO)n2)c1Cl. The summed E-state index contributed by atoms with van der Waals surface area (Å²) in [5.74, 6) is 0.277. The maximum Gasteiger partial charge on any atom is 0.192 e. The molecule has 29 heavy (non-hydrogen) atoms. The van der Waals surface area contributed by atoms with Crippen molar-refractivity contribution in [2.45, 2.75) is 49.8 Å². The first-order valence-electron chi connectivity index (χ1n) is 9.97. The molecule has 2 saturated heterocycles. The summed E-state index contributed by atoms with van der Waals surface area (Å²) in [6, 6.07) is 1.77. The molecule has 0 atom stereocenters. The number of hydrogen-bond acceptors (Lipinski definition) is 8. The zero-order chi connectivity index (χ0) is 20.9. The van der Waals surface area contributed by atoms with Crippen LogP contribution in [0.25, 0.3) is 0 Å². The summed E-state index contributed by atoms with van der Waals surface area (Å²) in [5, 5.41) is 10.8. The standard InChI is InChI=1S/C18H22ClN5O2S.C2H6/c19-15-14(1-5-21-16(15)20)27-17-22-9-13(12(10-25)23-17)24-6-2-18(3-7-24)4-8-26-11-18;1-2/h1,5,9,25H,2-4,6-8,10-11H2,(H2,20,21);1-2H3. The van der Waals surface area contributed by atoms with E-state index in [1.165, 1.54) is 11.8 Å². The van der Waals surface area contributed by atoms with Crippen molar-refractivity contribution in [1.29, 1.82) is 0 Å². The molecule has 3 N–H and O–H groups in total. The molecule has 0 bridgehead atoms. The number of pyridine rings is 1. The second kappa shape index (κ2) is 9.93. The first-order valence-corrected chi connectivity index (χ1v) is 11.2. The topological polar surface area (TPSA) is 97.4 Å². The second-order valence-corrected chi connectivity index (χ2v) is 8.43. The molecule has 2 aliphatic heterocycles. The van der Waals surface area contributed by atoms with E-state index >= 15 is 0 Å². The summed E-state index contributed by atoms with van der Waals surface area (Å²) in [6.45, 7) is 7.47. The van der Waals surface area contributed by atoms with Crippen molar-refractivity contribution in [3.8, 4) is 0 Å². The van der Waals surface area contributed by atoms with Gasteiger partial charge in [0.05, 0.1) is 35.8 Å². The minimum absolute atomic E-state index is 0.137. The predicted molar refractivity (Wildman–Crippen MR) is 116 cm³/mol. The van der Waals surface area contributed by atoms with E-state index < -0.39 is 0 Å². The molecule has 1 spiro atoms. The number of nitrogen functional groups attached to an aromatic ring is 1. The minimum atomic E-state index is -0.137. The Hall–Kier alpha value is -1.61. The lowest BCUT2D eigenvalue weighted by molar-refractivity contribution is 0.133. The molecule has 0 saturated carbocycles. The maximum absolute atomic E-state index is 9.84. The molecule has 9 heteroatoms. The normalized spacial score (nSPS) is 17.9. The molecule has 2 aromatic heterocycles. The Kier molecular flexibility index (Phi) is 7.56. The van der Waals surface area contributed by atoms with Gasteiger partial charge in [-0.05, 0) is 42.5 Å². The Bertz CT molecular complexity index is 823. The van der Waals surface area contributed by atoms with Gasteiger partial charge >= 0.3 is 0 Å². The molecule has 2 fully saturated rings. The molecule has 158 valence electrons. The van der Waals surface area contributed by atoms with Crippen LogP contribution in [0.15, 0.2) is 28.5 Å². The third-order valence-electron chi connectivity index (χ3n) is 5.41. The number of halogens is 1. The first kappa shape index (κ1) is 22.1. The lowest BCUT2D eigenvalue weighted by Crippen LogP contribution is -2.41. The fourth-order valence-corrected chi connectivity index (χ4v) is 4.72. The summed E-state index contributed by atoms with van der Waals surface area (Å²) in [7, 11) is 0. The number of aliphatic hydroxyl groups is 1. The van der Waals surface area contributed by atoms with Crippen LogP contribution in [0.3, 0.4) is 0 Å². The summed E-state index contributed by atoms with van der Waals surface area (Å²) in [4.78, 5) is 16.0. The van der Waals surface area contributed by atoms with Gasteiger partial charge in [0.25, 0.3) is 0 Å². The summed E-state index contributed by atoms with van der Waals surface area (Å²) < 4.78 is 5.60. The number of aliphatic hydroxyl groups excluding tert-OH is 1. The molecule has 2 aliphatic rings. The van der Waals surface area contributed by atoms with Crippen molar-refractivity contribution in [3.05, 3.63) is 29.2 Å². The summed E-state index contributed by atoms with van der Waals surface area (Å²) >= 11 is 7.51. The zero-order valence-electron chi connectivity index (χ0n) is 16.9. The molecular weight excluding hydrogens is 410 g/mol. The van der Waals surface area contributed by atoms with Gasteiger partial charge in [0, 0.05) is 30.8 Å². The van der Waals surface area contributed by atoms with Crippen molar-refractivity contribution in [2.24, 2.45) is 5.41 Å². The van der Waals surface area contributed by atoms with Gasteiger partial charge in [-0.2, -0.15) is 0 Å². The Balaban J connectivity index is 0.00000117. The average Bonchev–Trinajstić information content (AvgIpc) is 3.21. The number of aromatic nitrogens is 3. The molecule has 0 radical (unpaired) electrons. The second-order valence-electron chi connectivity index (χ2n) is 7.04. The maximum atomic E-state index is 9.84. The van der Waals surface area contributed by atoms with E-state index in [1.807, 2.05) is 13.8 Å². The Morgan fingerprint density at radius 1 is 1.28 bits per heavy atom. The number of piperidine rings is 1. The van der Waals surface area contributed by atoms with E-state index in [0.29, 0.717) is 21.3 Å². The van der Waals surface area contributed by atoms with E-state index in [0.717, 1.165) is 56.1 Å². The molecule has 2 aromatic rings. The molecule has 4 rings (SSSR count). The van der Waals surface area contributed by atoms with E-state index in [4.69, 9.17) is 22.1 Å². The molecule has 7 nitrogen and oxygen atoms in total. The molecule has 4 heterocycles. The van der Waals surface area contributed by atoms with Crippen LogP contribution in [-0.4, -0.2) is 46.4 Å². The Labute approximate surface area is 181 Å². The van der Waals surface area contributed by atoms with Gasteiger partial charge in [0.15, 0.2) is 5.16 Å². The molecular formula is C20H28ClN5O2S. The molecule has 0 aliphatic carbocycles. The van der Waals surface area contributed by atoms with Gasteiger partial charge < -0.3 is 20.5 Å². The number of nitrogens with two attached hydrogens (primary N) is 1. The van der Waals surface area contributed by atoms with Crippen LogP contribution < -0.4 is 10.6 Å². The van der Waals surface area contributed by atoms with Crippen LogP contribution in [-0.2, 0) is 11.3 Å². The quantitative estimate of drug-likeness (QED) is 0.697. The highest BCUT2D eigenvalue weighted by atomic mass is 35.5. The van der Waals surface area contributed by atoms with Gasteiger partial charge in [-0.3, -0.25) is 0 Å². The lowest BCUT2D eigenvalue weighted by Gasteiger charge is -2.39. The van der Waals surface area contributed by atoms with Crippen LogP contribution in [0.2, 0.25) is 5.02 Å². The van der Waals surface area contributed by atoms with Crippen molar-refractivity contribution >= 4 is 34.9 Å². The van der Waals surface area contributed by atoms with Crippen LogP contribution in [0.4, 0.5) is 11.5 Å². The van der Waals surface area contributed by atoms with Gasteiger partial charge in [-0.1, -0.05) is 25.4 Å². The van der Waals surface area contributed by atoms with Crippen molar-refractivity contribution < 1.29 is 9.84 Å². The van der Waals surface area contributed by atoms with Gasteiger partial charge in [-0.25, -0.2) is 15.0 Å². The fraction of sp³-hybridized carbons (Fsp3) is 0.550. The van der Waals surface area contributed by atoms with Gasteiger partial charge in [0.2, 0.25) is 0 Å². The number of anilines is 2. The first-order chi connectivity index (χ1) is 14.1. The smallest absolute Gasteiger partial charge is 0.192 e. The summed E-state index contributed by atoms with van der Waals surface area (Å²) in [5.41, 5.74) is 7.61. The summed E-state index contributed by atoms with van der Waals surface area (Å²) in [6.07, 6.45) is 6.74. The zero-order valence-corrected chi connectivity index (χ0v) is 18.5. The van der Waals surface area contributed by atoms with E-state index in [2.05, 4.69) is 19.9 Å². The van der Waals surface area contributed by atoms with Crippen molar-refractivity contribution in [3.63, 3.8) is 0 Å². The lowest BCUT2D eigenvalue weighted by atomic mass is 9.78. The number of rotatable bonds is 4.